The molecular weight excluding hydrogens is 198 g/mol. The average molecular weight is 221 g/mol. The lowest BCUT2D eigenvalue weighted by molar-refractivity contribution is 0.600. The molecule has 1 saturated carbocycles. The molecular formula is C13H23N3. The molecule has 1 fully saturated rings. The number of nitrogens with two attached hydrogens (primary N) is 1. The van der Waals surface area contributed by atoms with E-state index in [1.165, 1.54) is 17.7 Å². The van der Waals surface area contributed by atoms with Gasteiger partial charge in [0.05, 0.1) is 5.69 Å². The molecule has 16 heavy (non-hydrogen) atoms. The fourth-order valence-electron chi connectivity index (χ4n) is 2.43. The molecule has 3 heteroatoms. The molecule has 0 spiro atoms. The van der Waals surface area contributed by atoms with Gasteiger partial charge >= 0.3 is 0 Å². The van der Waals surface area contributed by atoms with Gasteiger partial charge in [-0.25, -0.2) is 0 Å². The van der Waals surface area contributed by atoms with Crippen molar-refractivity contribution in [2.45, 2.75) is 46.5 Å². The second-order valence-corrected chi connectivity index (χ2v) is 6.22. The molecule has 1 aromatic rings. The summed E-state index contributed by atoms with van der Waals surface area (Å²) in [6.45, 7) is 9.08. The van der Waals surface area contributed by atoms with Gasteiger partial charge in [0.2, 0.25) is 0 Å². The van der Waals surface area contributed by atoms with Crippen LogP contribution in [-0.4, -0.2) is 9.78 Å². The lowest BCUT2D eigenvalue weighted by atomic mass is 9.98. The van der Waals surface area contributed by atoms with Gasteiger partial charge in [-0.3, -0.25) is 4.68 Å². The van der Waals surface area contributed by atoms with E-state index in [1.54, 1.807) is 0 Å². The molecule has 0 aromatic carbocycles. The summed E-state index contributed by atoms with van der Waals surface area (Å²) in [6.07, 6.45) is 2.29. The molecule has 0 radical (unpaired) electrons. The Bertz CT molecular complexity index is 402. The summed E-state index contributed by atoms with van der Waals surface area (Å²) in [7, 11) is 1.94. The van der Waals surface area contributed by atoms with Crippen molar-refractivity contribution in [3.8, 4) is 0 Å². The number of nitrogens with zero attached hydrogens (tertiary/aromatic N) is 2. The summed E-state index contributed by atoms with van der Waals surface area (Å²) in [5.74, 6) is 2.10. The van der Waals surface area contributed by atoms with Crippen LogP contribution in [0.5, 0.6) is 0 Å². The number of aromatic nitrogens is 2. The zero-order chi connectivity index (χ0) is 12.1. The lowest BCUT2D eigenvalue weighted by Crippen LogP contribution is -2.02. The van der Waals surface area contributed by atoms with E-state index in [2.05, 4.69) is 32.8 Å². The average Bonchev–Trinajstić information content (AvgIpc) is 2.70. The summed E-state index contributed by atoms with van der Waals surface area (Å²) >= 11 is 0. The summed E-state index contributed by atoms with van der Waals surface area (Å²) in [6, 6.07) is 0. The first-order valence-corrected chi connectivity index (χ1v) is 6.14. The number of nitrogen functional groups attached to an aromatic ring is 1. The van der Waals surface area contributed by atoms with Crippen LogP contribution in [0.25, 0.3) is 0 Å². The van der Waals surface area contributed by atoms with Crippen LogP contribution < -0.4 is 5.73 Å². The topological polar surface area (TPSA) is 43.8 Å². The van der Waals surface area contributed by atoms with Gasteiger partial charge in [0.15, 0.2) is 0 Å². The molecule has 0 aliphatic heterocycles. The van der Waals surface area contributed by atoms with Crippen LogP contribution in [0.2, 0.25) is 0 Å². The van der Waals surface area contributed by atoms with Crippen LogP contribution in [0.1, 0.15) is 51.3 Å². The number of anilines is 1. The van der Waals surface area contributed by atoms with Gasteiger partial charge in [0.1, 0.15) is 5.82 Å². The molecule has 2 rings (SSSR count). The summed E-state index contributed by atoms with van der Waals surface area (Å²) < 4.78 is 1.83. The molecule has 1 heterocycles. The molecule has 1 unspecified atom stereocenters. The van der Waals surface area contributed by atoms with Crippen molar-refractivity contribution >= 4 is 5.82 Å². The Hall–Kier alpha value is -0.990. The fraction of sp³-hybridized carbons (Fsp3) is 0.769. The number of aryl methyl sites for hydroxylation is 1. The number of hydrogen-bond acceptors (Lipinski definition) is 2. The van der Waals surface area contributed by atoms with Gasteiger partial charge in [0, 0.05) is 18.5 Å². The monoisotopic (exact) mass is 221 g/mol. The van der Waals surface area contributed by atoms with Crippen molar-refractivity contribution in [2.24, 2.45) is 18.4 Å². The highest BCUT2D eigenvalue weighted by atomic mass is 15.3. The number of hydrogen-bond donors (Lipinski definition) is 1. The third-order valence-corrected chi connectivity index (χ3v) is 3.68. The normalized spacial score (nSPS) is 22.8. The third kappa shape index (κ3) is 1.83. The van der Waals surface area contributed by atoms with Crippen molar-refractivity contribution in [2.75, 3.05) is 5.73 Å². The van der Waals surface area contributed by atoms with E-state index in [4.69, 9.17) is 5.73 Å². The molecule has 1 atom stereocenters. The first kappa shape index (κ1) is 11.5. The Labute approximate surface area is 98.0 Å². The highest BCUT2D eigenvalue weighted by molar-refractivity contribution is 5.47. The highest BCUT2D eigenvalue weighted by Crippen LogP contribution is 2.59. The Morgan fingerprint density at radius 2 is 2.06 bits per heavy atom. The smallest absolute Gasteiger partial charge is 0.124 e. The first-order valence-electron chi connectivity index (χ1n) is 6.14. The fourth-order valence-corrected chi connectivity index (χ4v) is 2.43. The SMILES string of the molecule is CC(C)Cc1c(C2CC2(C)C)nn(C)c1N. The molecule has 1 aliphatic rings. The van der Waals surface area contributed by atoms with E-state index in [9.17, 15) is 0 Å². The van der Waals surface area contributed by atoms with Crippen LogP contribution in [-0.2, 0) is 13.5 Å². The van der Waals surface area contributed by atoms with Gasteiger partial charge in [-0.05, 0) is 24.2 Å². The molecule has 0 bridgehead atoms. The van der Waals surface area contributed by atoms with Crippen LogP contribution in [0.3, 0.4) is 0 Å². The zero-order valence-corrected chi connectivity index (χ0v) is 11.0. The molecule has 1 aliphatic carbocycles. The van der Waals surface area contributed by atoms with Crippen LogP contribution in [0.4, 0.5) is 5.82 Å². The first-order chi connectivity index (χ1) is 7.33. The van der Waals surface area contributed by atoms with Crippen molar-refractivity contribution in [1.82, 2.24) is 9.78 Å². The minimum absolute atomic E-state index is 0.423. The van der Waals surface area contributed by atoms with Crippen molar-refractivity contribution in [3.63, 3.8) is 0 Å². The molecule has 2 N–H and O–H groups in total. The lowest BCUT2D eigenvalue weighted by Gasteiger charge is -2.07. The molecule has 3 nitrogen and oxygen atoms in total. The molecule has 1 aromatic heterocycles. The molecule has 90 valence electrons. The minimum atomic E-state index is 0.423. The van der Waals surface area contributed by atoms with Gasteiger partial charge in [-0.15, -0.1) is 0 Å². The standard InChI is InChI=1S/C13H23N3/c1-8(2)6-9-11(10-7-13(10,3)4)15-16(5)12(9)14/h8,10H,6-7,14H2,1-5H3. The molecule has 0 amide bonds. The third-order valence-electron chi connectivity index (χ3n) is 3.68. The summed E-state index contributed by atoms with van der Waals surface area (Å²) in [5, 5.41) is 4.61. The highest BCUT2D eigenvalue weighted by Gasteiger charge is 2.49. The van der Waals surface area contributed by atoms with E-state index in [0.717, 1.165) is 12.2 Å². The van der Waals surface area contributed by atoms with Gasteiger partial charge < -0.3 is 5.73 Å². The zero-order valence-electron chi connectivity index (χ0n) is 11.0. The quantitative estimate of drug-likeness (QED) is 0.853. The maximum atomic E-state index is 6.11. The Kier molecular flexibility index (Phi) is 2.52. The largest absolute Gasteiger partial charge is 0.384 e. The van der Waals surface area contributed by atoms with Crippen molar-refractivity contribution in [3.05, 3.63) is 11.3 Å². The Morgan fingerprint density at radius 1 is 1.50 bits per heavy atom. The van der Waals surface area contributed by atoms with Gasteiger partial charge in [-0.1, -0.05) is 27.7 Å². The molecule has 0 saturated heterocycles. The van der Waals surface area contributed by atoms with Crippen molar-refractivity contribution < 1.29 is 0 Å². The van der Waals surface area contributed by atoms with Crippen LogP contribution in [0, 0.1) is 11.3 Å². The van der Waals surface area contributed by atoms with E-state index in [1.807, 2.05) is 11.7 Å². The maximum absolute atomic E-state index is 6.11. The minimum Gasteiger partial charge on any atom is -0.384 e. The predicted octanol–water partition coefficient (Wildman–Crippen LogP) is 2.71. The van der Waals surface area contributed by atoms with Crippen LogP contribution in [0.15, 0.2) is 0 Å². The second-order valence-electron chi connectivity index (χ2n) is 6.22. The maximum Gasteiger partial charge on any atom is 0.124 e. The number of rotatable bonds is 3. The van der Waals surface area contributed by atoms with Crippen LogP contribution >= 0.6 is 0 Å². The Morgan fingerprint density at radius 3 is 2.50 bits per heavy atom. The van der Waals surface area contributed by atoms with Crippen molar-refractivity contribution in [1.29, 1.82) is 0 Å². The van der Waals surface area contributed by atoms with Gasteiger partial charge in [-0.2, -0.15) is 5.10 Å². The Balaban J connectivity index is 2.34. The van der Waals surface area contributed by atoms with E-state index >= 15 is 0 Å². The second kappa shape index (κ2) is 3.51. The van der Waals surface area contributed by atoms with E-state index in [0.29, 0.717) is 17.3 Å². The van der Waals surface area contributed by atoms with Gasteiger partial charge in [0.25, 0.3) is 0 Å². The van der Waals surface area contributed by atoms with E-state index in [-0.39, 0.29) is 0 Å². The summed E-state index contributed by atoms with van der Waals surface area (Å²) in [4.78, 5) is 0. The van der Waals surface area contributed by atoms with E-state index < -0.39 is 0 Å². The summed E-state index contributed by atoms with van der Waals surface area (Å²) in [5.41, 5.74) is 9.06. The predicted molar refractivity (Wildman–Crippen MR) is 67.3 cm³/mol.